The van der Waals surface area contributed by atoms with Crippen molar-refractivity contribution in [1.82, 2.24) is 10.3 Å². The largest absolute Gasteiger partial charge is 0.304 e. The van der Waals surface area contributed by atoms with Gasteiger partial charge in [0.1, 0.15) is 0 Å². The fourth-order valence-electron chi connectivity index (χ4n) is 2.73. The molecule has 0 amide bonds. The van der Waals surface area contributed by atoms with Crippen molar-refractivity contribution in [3.63, 3.8) is 0 Å². The first kappa shape index (κ1) is 14.2. The van der Waals surface area contributed by atoms with Gasteiger partial charge in [0.05, 0.1) is 10.2 Å². The molecule has 2 atom stereocenters. The minimum atomic E-state index is 0.276. The summed E-state index contributed by atoms with van der Waals surface area (Å²) in [7, 11) is 0. The average molecular weight is 296 g/mol. The van der Waals surface area contributed by atoms with Gasteiger partial charge in [0.25, 0.3) is 0 Å². The van der Waals surface area contributed by atoms with Crippen LogP contribution < -0.4 is 5.32 Å². The van der Waals surface area contributed by atoms with Gasteiger partial charge in [-0.05, 0) is 55.0 Å². The van der Waals surface area contributed by atoms with Crippen molar-refractivity contribution < 1.29 is 0 Å². The number of pyridine rings is 1. The number of aromatic nitrogens is 1. The third-order valence-electron chi connectivity index (χ3n) is 3.98. The molecule has 0 aliphatic heterocycles. The van der Waals surface area contributed by atoms with E-state index in [0.29, 0.717) is 6.04 Å². The Balaban J connectivity index is 1.79. The molecule has 2 aromatic heterocycles. The van der Waals surface area contributed by atoms with Gasteiger partial charge in [0, 0.05) is 18.3 Å². The summed E-state index contributed by atoms with van der Waals surface area (Å²) in [6.07, 6.45) is 1.98. The van der Waals surface area contributed by atoms with Crippen molar-refractivity contribution in [2.45, 2.75) is 32.9 Å². The summed E-state index contributed by atoms with van der Waals surface area (Å²) in [5, 5.41) is 5.77. The minimum absolute atomic E-state index is 0.276. The molecule has 108 valence electrons. The molecular weight excluding hydrogens is 276 g/mol. The van der Waals surface area contributed by atoms with Crippen LogP contribution in [-0.4, -0.2) is 4.98 Å². The van der Waals surface area contributed by atoms with Gasteiger partial charge in [-0.3, -0.25) is 4.98 Å². The monoisotopic (exact) mass is 296 g/mol. The van der Waals surface area contributed by atoms with Crippen molar-refractivity contribution in [2.75, 3.05) is 0 Å². The van der Waals surface area contributed by atoms with Crippen molar-refractivity contribution in [3.8, 4) is 0 Å². The maximum absolute atomic E-state index is 4.53. The summed E-state index contributed by atoms with van der Waals surface area (Å²) < 4.78 is 1.25. The van der Waals surface area contributed by atoms with Crippen molar-refractivity contribution >= 4 is 21.6 Å². The van der Waals surface area contributed by atoms with E-state index in [1.165, 1.54) is 21.4 Å². The first-order valence-corrected chi connectivity index (χ1v) is 8.18. The molecule has 1 aromatic carbocycles. The van der Waals surface area contributed by atoms with E-state index in [1.54, 1.807) is 11.3 Å². The highest BCUT2D eigenvalue weighted by Crippen LogP contribution is 2.25. The molecule has 0 bridgehead atoms. The molecule has 2 heterocycles. The second-order valence-corrected chi connectivity index (χ2v) is 6.49. The van der Waals surface area contributed by atoms with Gasteiger partial charge in [-0.2, -0.15) is 0 Å². The fourth-order valence-corrected chi connectivity index (χ4v) is 3.52. The van der Waals surface area contributed by atoms with Crippen LogP contribution >= 0.6 is 11.3 Å². The zero-order valence-electron chi connectivity index (χ0n) is 12.6. The molecule has 1 unspecified atom stereocenters. The van der Waals surface area contributed by atoms with E-state index in [4.69, 9.17) is 0 Å². The highest BCUT2D eigenvalue weighted by molar-refractivity contribution is 7.17. The van der Waals surface area contributed by atoms with E-state index in [1.807, 2.05) is 6.20 Å². The van der Waals surface area contributed by atoms with Crippen molar-refractivity contribution in [2.24, 2.45) is 0 Å². The third kappa shape index (κ3) is 2.99. The van der Waals surface area contributed by atoms with Gasteiger partial charge < -0.3 is 5.32 Å². The highest BCUT2D eigenvalue weighted by Gasteiger charge is 2.13. The molecule has 2 nitrogen and oxygen atoms in total. The van der Waals surface area contributed by atoms with Gasteiger partial charge in [-0.15, -0.1) is 11.3 Å². The number of nitrogens with zero attached hydrogens (tertiary/aromatic N) is 1. The molecule has 1 N–H and O–H groups in total. The molecule has 0 aliphatic rings. The Morgan fingerprint density at radius 2 is 1.90 bits per heavy atom. The normalized spacial score (nSPS) is 14.2. The number of rotatable bonds is 4. The number of thiophene rings is 1. The van der Waals surface area contributed by atoms with Crippen LogP contribution in [0.25, 0.3) is 10.2 Å². The van der Waals surface area contributed by atoms with Crippen LogP contribution in [0.4, 0.5) is 0 Å². The van der Waals surface area contributed by atoms with Crippen molar-refractivity contribution in [1.29, 1.82) is 0 Å². The Hall–Kier alpha value is -1.71. The van der Waals surface area contributed by atoms with Crippen LogP contribution in [0.15, 0.2) is 48.0 Å². The van der Waals surface area contributed by atoms with Crippen LogP contribution in [0.1, 0.15) is 42.6 Å². The first-order chi connectivity index (χ1) is 10.1. The Morgan fingerprint density at radius 3 is 2.71 bits per heavy atom. The molecule has 0 saturated carbocycles. The van der Waals surface area contributed by atoms with Crippen molar-refractivity contribution in [3.05, 3.63) is 64.7 Å². The SMILES string of the molecule is Cc1ccccc1[C@H](C)NC(C)c1cnc2ccsc2c1. The Morgan fingerprint density at radius 1 is 1.10 bits per heavy atom. The molecule has 0 spiro atoms. The highest BCUT2D eigenvalue weighted by atomic mass is 32.1. The standard InChI is InChI=1S/C18H20N2S/c1-12-6-4-5-7-16(12)14(3)20-13(2)15-10-18-17(19-11-15)8-9-21-18/h4-11,13-14,20H,1-3H3/t13?,14-/m0/s1. The Labute approximate surface area is 129 Å². The number of hydrogen-bond donors (Lipinski definition) is 1. The van der Waals surface area contributed by atoms with E-state index in [-0.39, 0.29) is 6.04 Å². The molecule has 3 heteroatoms. The smallest absolute Gasteiger partial charge is 0.0809 e. The summed E-state index contributed by atoms with van der Waals surface area (Å²) in [6.45, 7) is 6.58. The molecule has 3 rings (SSSR count). The van der Waals surface area contributed by atoms with Gasteiger partial charge in [-0.1, -0.05) is 24.3 Å². The molecule has 21 heavy (non-hydrogen) atoms. The molecule has 3 aromatic rings. The van der Waals surface area contributed by atoms with Gasteiger partial charge in [0.15, 0.2) is 0 Å². The lowest BCUT2D eigenvalue weighted by Gasteiger charge is -2.22. The summed E-state index contributed by atoms with van der Waals surface area (Å²) in [4.78, 5) is 4.53. The third-order valence-corrected chi connectivity index (χ3v) is 4.83. The second kappa shape index (κ2) is 5.96. The number of hydrogen-bond acceptors (Lipinski definition) is 3. The molecular formula is C18H20N2S. The minimum Gasteiger partial charge on any atom is -0.304 e. The molecule has 0 aliphatic carbocycles. The van der Waals surface area contributed by atoms with Gasteiger partial charge in [0.2, 0.25) is 0 Å². The Kier molecular flexibility index (Phi) is 4.04. The van der Waals surface area contributed by atoms with E-state index in [9.17, 15) is 0 Å². The lowest BCUT2D eigenvalue weighted by Crippen LogP contribution is -2.23. The quantitative estimate of drug-likeness (QED) is 0.731. The lowest BCUT2D eigenvalue weighted by atomic mass is 10.0. The zero-order valence-corrected chi connectivity index (χ0v) is 13.4. The zero-order chi connectivity index (χ0) is 14.8. The summed E-state index contributed by atoms with van der Waals surface area (Å²) in [5.74, 6) is 0. The van der Waals surface area contributed by atoms with E-state index < -0.39 is 0 Å². The number of aryl methyl sites for hydroxylation is 1. The Bertz CT molecular complexity index is 748. The van der Waals surface area contributed by atoms with Crippen LogP contribution in [0.2, 0.25) is 0 Å². The summed E-state index contributed by atoms with van der Waals surface area (Å²) >= 11 is 1.75. The lowest BCUT2D eigenvalue weighted by molar-refractivity contribution is 0.493. The maximum Gasteiger partial charge on any atom is 0.0809 e. The van der Waals surface area contributed by atoms with Gasteiger partial charge in [-0.25, -0.2) is 0 Å². The number of benzene rings is 1. The van der Waals surface area contributed by atoms with E-state index in [2.05, 4.69) is 72.9 Å². The van der Waals surface area contributed by atoms with Gasteiger partial charge >= 0.3 is 0 Å². The predicted molar refractivity (Wildman–Crippen MR) is 90.8 cm³/mol. The molecule has 0 saturated heterocycles. The predicted octanol–water partition coefficient (Wildman–Crippen LogP) is 5.02. The average Bonchev–Trinajstić information content (AvgIpc) is 2.94. The van der Waals surface area contributed by atoms with E-state index >= 15 is 0 Å². The maximum atomic E-state index is 4.53. The van der Waals surface area contributed by atoms with Crippen LogP contribution in [-0.2, 0) is 0 Å². The second-order valence-electron chi connectivity index (χ2n) is 5.54. The number of fused-ring (bicyclic) bond motifs is 1. The van der Waals surface area contributed by atoms with Crippen LogP contribution in [0.5, 0.6) is 0 Å². The first-order valence-electron chi connectivity index (χ1n) is 7.30. The number of nitrogens with one attached hydrogen (secondary N) is 1. The summed E-state index contributed by atoms with van der Waals surface area (Å²) in [6, 6.07) is 13.5. The summed E-state index contributed by atoms with van der Waals surface area (Å²) in [5.41, 5.74) is 5.01. The molecule has 0 fully saturated rings. The van der Waals surface area contributed by atoms with Crippen LogP contribution in [0.3, 0.4) is 0 Å². The van der Waals surface area contributed by atoms with Crippen LogP contribution in [0, 0.1) is 6.92 Å². The fraction of sp³-hybridized carbons (Fsp3) is 0.278. The van der Waals surface area contributed by atoms with E-state index in [0.717, 1.165) is 5.52 Å². The molecule has 0 radical (unpaired) electrons. The topological polar surface area (TPSA) is 24.9 Å².